The van der Waals surface area contributed by atoms with E-state index in [1.165, 1.54) is 0 Å². The van der Waals surface area contributed by atoms with Crippen molar-refractivity contribution >= 4 is 11.9 Å². The van der Waals surface area contributed by atoms with Gasteiger partial charge in [0.15, 0.2) is 5.78 Å². The summed E-state index contributed by atoms with van der Waals surface area (Å²) in [5.41, 5.74) is 1.52. The molecule has 0 saturated heterocycles. The van der Waals surface area contributed by atoms with Crippen LogP contribution in [0.3, 0.4) is 0 Å². The number of ketones is 1. The molecule has 0 unspecified atom stereocenters. The molecule has 0 radical (unpaired) electrons. The second kappa shape index (κ2) is 7.97. The fourth-order valence-electron chi connectivity index (χ4n) is 2.33. The Morgan fingerprint density at radius 2 is 1.52 bits per heavy atom. The molecule has 3 rings (SSSR count). The van der Waals surface area contributed by atoms with Gasteiger partial charge in [0, 0.05) is 5.56 Å². The Morgan fingerprint density at radius 3 is 2.24 bits per heavy atom. The molecule has 0 bridgehead atoms. The van der Waals surface area contributed by atoms with E-state index in [4.69, 9.17) is 9.47 Å². The largest absolute Gasteiger partial charge is 0.497 e. The highest BCUT2D eigenvalue weighted by Crippen LogP contribution is 2.22. The van der Waals surface area contributed by atoms with Crippen molar-refractivity contribution in [2.45, 2.75) is 0 Å². The molecule has 0 saturated carbocycles. The van der Waals surface area contributed by atoms with Crippen LogP contribution in [0.2, 0.25) is 0 Å². The van der Waals surface area contributed by atoms with E-state index in [0.717, 1.165) is 22.8 Å². The van der Waals surface area contributed by atoms with E-state index in [1.807, 2.05) is 54.6 Å². The van der Waals surface area contributed by atoms with E-state index in [1.54, 1.807) is 43.5 Å². The molecule has 0 aromatic heterocycles. The zero-order valence-corrected chi connectivity index (χ0v) is 13.9. The first-order chi connectivity index (χ1) is 12.2. The van der Waals surface area contributed by atoms with Crippen LogP contribution >= 0.6 is 0 Å². The number of ether oxygens (including phenoxy) is 2. The molecule has 3 aromatic carbocycles. The molecule has 0 amide bonds. The molecule has 0 N–H and O–H groups in total. The van der Waals surface area contributed by atoms with Gasteiger partial charge in [-0.25, -0.2) is 0 Å². The maximum absolute atomic E-state index is 12.2. The highest BCUT2D eigenvalue weighted by molar-refractivity contribution is 6.06. The standard InChI is InChI=1S/C22H18O3/c1-24-19-13-11-18(12-14-19)22(23)15-10-17-6-5-9-21(16-17)25-20-7-3-2-4-8-20/h2-16H,1H3/b15-10+. The average molecular weight is 330 g/mol. The molecule has 0 aliphatic rings. The van der Waals surface area contributed by atoms with E-state index in [2.05, 4.69) is 0 Å². The fraction of sp³-hybridized carbons (Fsp3) is 0.0455. The summed E-state index contributed by atoms with van der Waals surface area (Å²) >= 11 is 0. The molecular formula is C22H18O3. The SMILES string of the molecule is COc1ccc(C(=O)/C=C/c2cccc(Oc3ccccc3)c2)cc1. The number of rotatable bonds is 6. The van der Waals surface area contributed by atoms with Gasteiger partial charge in [0.25, 0.3) is 0 Å². The highest BCUT2D eigenvalue weighted by atomic mass is 16.5. The van der Waals surface area contributed by atoms with Crippen LogP contribution in [0.5, 0.6) is 17.2 Å². The number of carbonyl (C=O) groups excluding carboxylic acids is 1. The lowest BCUT2D eigenvalue weighted by Gasteiger charge is -2.06. The maximum atomic E-state index is 12.2. The van der Waals surface area contributed by atoms with Crippen molar-refractivity contribution in [2.24, 2.45) is 0 Å². The first-order valence-corrected chi connectivity index (χ1v) is 7.94. The van der Waals surface area contributed by atoms with Gasteiger partial charge in [-0.15, -0.1) is 0 Å². The van der Waals surface area contributed by atoms with Gasteiger partial charge >= 0.3 is 0 Å². The summed E-state index contributed by atoms with van der Waals surface area (Å²) in [6, 6.07) is 24.2. The Labute approximate surface area is 147 Å². The summed E-state index contributed by atoms with van der Waals surface area (Å²) in [6.07, 6.45) is 3.34. The minimum Gasteiger partial charge on any atom is -0.497 e. The van der Waals surface area contributed by atoms with Gasteiger partial charge in [-0.2, -0.15) is 0 Å². The molecule has 0 aliphatic carbocycles. The van der Waals surface area contributed by atoms with Gasteiger partial charge in [0.1, 0.15) is 17.2 Å². The lowest BCUT2D eigenvalue weighted by molar-refractivity contribution is 0.104. The van der Waals surface area contributed by atoms with E-state index in [9.17, 15) is 4.79 Å². The number of hydrogen-bond acceptors (Lipinski definition) is 3. The highest BCUT2D eigenvalue weighted by Gasteiger charge is 2.02. The monoisotopic (exact) mass is 330 g/mol. The van der Waals surface area contributed by atoms with Crippen molar-refractivity contribution in [1.29, 1.82) is 0 Å². The minimum atomic E-state index is -0.0583. The lowest BCUT2D eigenvalue weighted by atomic mass is 10.1. The Kier molecular flexibility index (Phi) is 5.27. The Morgan fingerprint density at radius 1 is 0.800 bits per heavy atom. The van der Waals surface area contributed by atoms with Gasteiger partial charge in [-0.3, -0.25) is 4.79 Å². The number of hydrogen-bond donors (Lipinski definition) is 0. The molecule has 3 nitrogen and oxygen atoms in total. The van der Waals surface area contributed by atoms with Crippen LogP contribution in [-0.4, -0.2) is 12.9 Å². The van der Waals surface area contributed by atoms with Crippen molar-refractivity contribution in [2.75, 3.05) is 7.11 Å². The number of para-hydroxylation sites is 1. The summed E-state index contributed by atoms with van der Waals surface area (Å²) in [7, 11) is 1.60. The first-order valence-electron chi connectivity index (χ1n) is 7.94. The summed E-state index contributed by atoms with van der Waals surface area (Å²) in [6.45, 7) is 0. The summed E-state index contributed by atoms with van der Waals surface area (Å²) < 4.78 is 10.9. The summed E-state index contributed by atoms with van der Waals surface area (Å²) in [4.78, 5) is 12.2. The van der Waals surface area contributed by atoms with Crippen LogP contribution in [0, 0.1) is 0 Å². The molecule has 0 fully saturated rings. The molecule has 0 spiro atoms. The van der Waals surface area contributed by atoms with E-state index in [-0.39, 0.29) is 5.78 Å². The van der Waals surface area contributed by atoms with Crippen LogP contribution in [0.15, 0.2) is 84.9 Å². The second-order valence-electron chi connectivity index (χ2n) is 5.41. The van der Waals surface area contributed by atoms with E-state index >= 15 is 0 Å². The molecule has 0 heterocycles. The quantitative estimate of drug-likeness (QED) is 0.449. The molecule has 124 valence electrons. The number of benzene rings is 3. The zero-order chi connectivity index (χ0) is 17.5. The number of carbonyl (C=O) groups is 1. The normalized spacial score (nSPS) is 10.6. The van der Waals surface area contributed by atoms with Crippen LogP contribution in [0.1, 0.15) is 15.9 Å². The molecule has 0 atom stereocenters. The third-order valence-corrected chi connectivity index (χ3v) is 3.64. The van der Waals surface area contributed by atoms with Gasteiger partial charge in [-0.05, 0) is 60.2 Å². The Bertz CT molecular complexity index is 865. The molecule has 3 heteroatoms. The average Bonchev–Trinajstić information content (AvgIpc) is 2.67. The molecule has 3 aromatic rings. The van der Waals surface area contributed by atoms with Crippen molar-refractivity contribution in [3.8, 4) is 17.2 Å². The predicted molar refractivity (Wildman–Crippen MR) is 99.3 cm³/mol. The van der Waals surface area contributed by atoms with Gasteiger partial charge in [0.2, 0.25) is 0 Å². The van der Waals surface area contributed by atoms with Gasteiger partial charge in [-0.1, -0.05) is 36.4 Å². The Hall–Kier alpha value is -3.33. The van der Waals surface area contributed by atoms with E-state index < -0.39 is 0 Å². The zero-order valence-electron chi connectivity index (χ0n) is 13.9. The number of methoxy groups -OCH3 is 1. The fourth-order valence-corrected chi connectivity index (χ4v) is 2.33. The topological polar surface area (TPSA) is 35.5 Å². The van der Waals surface area contributed by atoms with Crippen molar-refractivity contribution < 1.29 is 14.3 Å². The van der Waals surface area contributed by atoms with Gasteiger partial charge < -0.3 is 9.47 Å². The van der Waals surface area contributed by atoms with E-state index in [0.29, 0.717) is 5.56 Å². The summed E-state index contributed by atoms with van der Waals surface area (Å²) in [5.74, 6) is 2.17. The lowest BCUT2D eigenvalue weighted by Crippen LogP contribution is -1.94. The molecule has 0 aliphatic heterocycles. The third-order valence-electron chi connectivity index (χ3n) is 3.64. The van der Waals surface area contributed by atoms with Crippen LogP contribution < -0.4 is 9.47 Å². The van der Waals surface area contributed by atoms with Crippen LogP contribution in [0.25, 0.3) is 6.08 Å². The van der Waals surface area contributed by atoms with Crippen molar-refractivity contribution in [3.05, 3.63) is 96.1 Å². The van der Waals surface area contributed by atoms with Crippen molar-refractivity contribution in [1.82, 2.24) is 0 Å². The third kappa shape index (κ3) is 4.58. The Balaban J connectivity index is 1.70. The first kappa shape index (κ1) is 16.5. The second-order valence-corrected chi connectivity index (χ2v) is 5.41. The van der Waals surface area contributed by atoms with Crippen LogP contribution in [0.4, 0.5) is 0 Å². The van der Waals surface area contributed by atoms with Crippen molar-refractivity contribution in [3.63, 3.8) is 0 Å². The molecule has 25 heavy (non-hydrogen) atoms. The smallest absolute Gasteiger partial charge is 0.185 e. The minimum absolute atomic E-state index is 0.0583. The van der Waals surface area contributed by atoms with Gasteiger partial charge in [0.05, 0.1) is 7.11 Å². The maximum Gasteiger partial charge on any atom is 0.185 e. The molecular weight excluding hydrogens is 312 g/mol. The van der Waals surface area contributed by atoms with Crippen LogP contribution in [-0.2, 0) is 0 Å². The predicted octanol–water partition coefficient (Wildman–Crippen LogP) is 5.38. The summed E-state index contributed by atoms with van der Waals surface area (Å²) in [5, 5.41) is 0. The number of allylic oxidation sites excluding steroid dienone is 1.